The van der Waals surface area contributed by atoms with Gasteiger partial charge in [0.2, 0.25) is 0 Å². The molecule has 29 heavy (non-hydrogen) atoms. The van der Waals surface area contributed by atoms with Crippen molar-refractivity contribution < 1.29 is 19.1 Å². The van der Waals surface area contributed by atoms with Gasteiger partial charge in [-0.3, -0.25) is 4.79 Å². The summed E-state index contributed by atoms with van der Waals surface area (Å²) in [6, 6.07) is 9.69. The van der Waals surface area contributed by atoms with Crippen molar-refractivity contribution >= 4 is 12.1 Å². The molecular weight excluding hydrogens is 366 g/mol. The van der Waals surface area contributed by atoms with E-state index in [0.717, 1.165) is 37.7 Å². The second-order valence-corrected chi connectivity index (χ2v) is 7.78. The first-order valence-electron chi connectivity index (χ1n) is 11.1. The second kappa shape index (κ2) is 15.8. The zero-order chi connectivity index (χ0) is 21.3. The molecule has 0 aliphatic carbocycles. The second-order valence-electron chi connectivity index (χ2n) is 7.78. The van der Waals surface area contributed by atoms with Gasteiger partial charge in [-0.1, -0.05) is 69.9 Å². The van der Waals surface area contributed by atoms with Crippen molar-refractivity contribution in [2.75, 3.05) is 13.2 Å². The number of alkyl carbamates (subject to hydrolysis) is 1. The number of carbonyl (C=O) groups excluding carboxylic acids is 2. The van der Waals surface area contributed by atoms with Gasteiger partial charge in [0.1, 0.15) is 6.61 Å². The van der Waals surface area contributed by atoms with Crippen LogP contribution in [0.3, 0.4) is 0 Å². The van der Waals surface area contributed by atoms with Gasteiger partial charge in [-0.05, 0) is 43.6 Å². The van der Waals surface area contributed by atoms with Gasteiger partial charge in [-0.15, -0.1) is 0 Å². The number of ether oxygens (including phenoxy) is 2. The summed E-state index contributed by atoms with van der Waals surface area (Å²) in [6.07, 6.45) is 7.88. The van der Waals surface area contributed by atoms with Gasteiger partial charge >= 0.3 is 12.1 Å². The quantitative estimate of drug-likeness (QED) is 0.293. The number of amides is 1. The molecule has 1 amide bonds. The Morgan fingerprint density at radius 1 is 0.966 bits per heavy atom. The van der Waals surface area contributed by atoms with E-state index in [-0.39, 0.29) is 12.1 Å². The number of hydrogen-bond donors (Lipinski definition) is 1. The number of benzene rings is 1. The first-order chi connectivity index (χ1) is 14.0. The Morgan fingerprint density at radius 3 is 2.38 bits per heavy atom. The molecule has 0 aliphatic heterocycles. The van der Waals surface area contributed by atoms with Gasteiger partial charge in [0.25, 0.3) is 0 Å². The minimum atomic E-state index is -0.350. The third-order valence-corrected chi connectivity index (χ3v) is 5.30. The molecular formula is C24H39NO4. The Labute approximate surface area is 176 Å². The number of hydrogen-bond acceptors (Lipinski definition) is 4. The molecule has 0 saturated heterocycles. The van der Waals surface area contributed by atoms with Crippen molar-refractivity contribution in [1.29, 1.82) is 0 Å². The van der Waals surface area contributed by atoms with Crippen molar-refractivity contribution in [1.82, 2.24) is 5.32 Å². The Kier molecular flexibility index (Phi) is 13.6. The SMILES string of the molecule is CCOC(=O)CC[C@H](C)CCC[C@H](CC)CCCNC(=O)OCc1ccccc1. The van der Waals surface area contributed by atoms with Gasteiger partial charge < -0.3 is 14.8 Å². The number of rotatable bonds is 15. The average Bonchev–Trinajstić information content (AvgIpc) is 2.73. The zero-order valence-corrected chi connectivity index (χ0v) is 18.5. The molecule has 0 heterocycles. The fourth-order valence-electron chi connectivity index (χ4n) is 3.40. The molecule has 0 radical (unpaired) electrons. The van der Waals surface area contributed by atoms with E-state index in [9.17, 15) is 9.59 Å². The van der Waals surface area contributed by atoms with Crippen LogP contribution in [0, 0.1) is 11.8 Å². The maximum absolute atomic E-state index is 11.8. The summed E-state index contributed by atoms with van der Waals surface area (Å²) in [4.78, 5) is 23.2. The Hall–Kier alpha value is -2.04. The predicted molar refractivity (Wildman–Crippen MR) is 117 cm³/mol. The third kappa shape index (κ3) is 12.9. The molecule has 0 saturated carbocycles. The fraction of sp³-hybridized carbons (Fsp3) is 0.667. The molecule has 1 aromatic rings. The highest BCUT2D eigenvalue weighted by atomic mass is 16.5. The van der Waals surface area contributed by atoms with E-state index >= 15 is 0 Å². The molecule has 0 bridgehead atoms. The van der Waals surface area contributed by atoms with Crippen molar-refractivity contribution in [3.63, 3.8) is 0 Å². The first-order valence-corrected chi connectivity index (χ1v) is 11.1. The Balaban J connectivity index is 2.06. The molecule has 1 aromatic carbocycles. The predicted octanol–water partition coefficient (Wildman–Crippen LogP) is 5.87. The van der Waals surface area contributed by atoms with E-state index in [1.807, 2.05) is 37.3 Å². The van der Waals surface area contributed by atoms with Crippen LogP contribution in [-0.2, 0) is 20.9 Å². The van der Waals surface area contributed by atoms with Crippen LogP contribution < -0.4 is 5.32 Å². The third-order valence-electron chi connectivity index (χ3n) is 5.30. The van der Waals surface area contributed by atoms with E-state index in [2.05, 4.69) is 19.2 Å². The lowest BCUT2D eigenvalue weighted by atomic mass is 9.91. The Morgan fingerprint density at radius 2 is 1.69 bits per heavy atom. The van der Waals surface area contributed by atoms with Crippen LogP contribution in [0.4, 0.5) is 4.79 Å². The lowest BCUT2D eigenvalue weighted by Gasteiger charge is -2.17. The van der Waals surface area contributed by atoms with Gasteiger partial charge in [0, 0.05) is 13.0 Å². The lowest BCUT2D eigenvalue weighted by Crippen LogP contribution is -2.25. The molecule has 164 valence electrons. The van der Waals surface area contributed by atoms with E-state index in [1.54, 1.807) is 0 Å². The average molecular weight is 406 g/mol. The highest BCUT2D eigenvalue weighted by Crippen LogP contribution is 2.22. The van der Waals surface area contributed by atoms with Crippen LogP contribution in [0.15, 0.2) is 30.3 Å². The lowest BCUT2D eigenvalue weighted by molar-refractivity contribution is -0.143. The molecule has 5 heteroatoms. The summed E-state index contributed by atoms with van der Waals surface area (Å²) in [5, 5.41) is 2.84. The van der Waals surface area contributed by atoms with Crippen molar-refractivity contribution in [2.45, 2.75) is 78.7 Å². The molecule has 0 unspecified atom stereocenters. The van der Waals surface area contributed by atoms with Crippen LogP contribution in [0.2, 0.25) is 0 Å². The van der Waals surface area contributed by atoms with Gasteiger partial charge in [0.15, 0.2) is 0 Å². The summed E-state index contributed by atoms with van der Waals surface area (Å²) < 4.78 is 10.2. The summed E-state index contributed by atoms with van der Waals surface area (Å²) in [5.74, 6) is 1.16. The molecule has 0 spiro atoms. The van der Waals surface area contributed by atoms with E-state index < -0.39 is 0 Å². The van der Waals surface area contributed by atoms with Crippen molar-refractivity contribution in [3.05, 3.63) is 35.9 Å². The molecule has 1 rings (SSSR count). The number of carbonyl (C=O) groups is 2. The van der Waals surface area contributed by atoms with Gasteiger partial charge in [-0.25, -0.2) is 4.79 Å². The van der Waals surface area contributed by atoms with Crippen LogP contribution >= 0.6 is 0 Å². The summed E-state index contributed by atoms with van der Waals surface area (Å²) in [5.41, 5.74) is 0.991. The van der Waals surface area contributed by atoms with E-state index in [4.69, 9.17) is 9.47 Å². The van der Waals surface area contributed by atoms with Gasteiger partial charge in [0.05, 0.1) is 6.61 Å². The van der Waals surface area contributed by atoms with E-state index in [0.29, 0.717) is 38.0 Å². The maximum Gasteiger partial charge on any atom is 0.407 e. The van der Waals surface area contributed by atoms with Gasteiger partial charge in [-0.2, -0.15) is 0 Å². The number of esters is 1. The minimum Gasteiger partial charge on any atom is -0.466 e. The summed E-state index contributed by atoms with van der Waals surface area (Å²) >= 11 is 0. The van der Waals surface area contributed by atoms with E-state index in [1.165, 1.54) is 12.8 Å². The zero-order valence-electron chi connectivity index (χ0n) is 18.5. The van der Waals surface area contributed by atoms with Crippen LogP contribution in [0.1, 0.15) is 77.7 Å². The molecule has 0 fully saturated rings. The highest BCUT2D eigenvalue weighted by molar-refractivity contribution is 5.69. The summed E-state index contributed by atoms with van der Waals surface area (Å²) in [7, 11) is 0. The van der Waals surface area contributed by atoms with Crippen molar-refractivity contribution in [2.24, 2.45) is 11.8 Å². The van der Waals surface area contributed by atoms with Crippen LogP contribution in [0.5, 0.6) is 0 Å². The topological polar surface area (TPSA) is 64.6 Å². The largest absolute Gasteiger partial charge is 0.466 e. The monoisotopic (exact) mass is 405 g/mol. The standard InChI is InChI=1S/C24H39NO4/c1-4-21(14-9-11-20(3)16-17-23(26)28-5-2)15-10-18-25-24(27)29-19-22-12-7-6-8-13-22/h6-8,12-13,20-21H,4-5,9-11,14-19H2,1-3H3,(H,25,27)/t20-,21+/m1/s1. The smallest absolute Gasteiger partial charge is 0.407 e. The Bertz CT molecular complexity index is 561. The molecule has 1 N–H and O–H groups in total. The number of nitrogens with one attached hydrogen (secondary N) is 1. The molecule has 0 aliphatic rings. The fourth-order valence-corrected chi connectivity index (χ4v) is 3.40. The van der Waals surface area contributed by atoms with Crippen LogP contribution in [-0.4, -0.2) is 25.2 Å². The first kappa shape index (κ1) is 25.0. The van der Waals surface area contributed by atoms with Crippen LogP contribution in [0.25, 0.3) is 0 Å². The highest BCUT2D eigenvalue weighted by Gasteiger charge is 2.11. The summed E-state index contributed by atoms with van der Waals surface area (Å²) in [6.45, 7) is 7.71. The maximum atomic E-state index is 11.8. The minimum absolute atomic E-state index is 0.0828. The molecule has 2 atom stereocenters. The van der Waals surface area contributed by atoms with Crippen molar-refractivity contribution in [3.8, 4) is 0 Å². The normalized spacial score (nSPS) is 12.8. The molecule has 0 aromatic heterocycles. The molecule has 5 nitrogen and oxygen atoms in total.